The number of hydrogen-bond acceptors (Lipinski definition) is 2. The van der Waals surface area contributed by atoms with E-state index in [-0.39, 0.29) is 11.7 Å². The molecule has 0 radical (unpaired) electrons. The highest BCUT2D eigenvalue weighted by atomic mass is 19.1. The molecule has 2 rings (SSSR count). The van der Waals surface area contributed by atoms with Crippen LogP contribution in [0.3, 0.4) is 0 Å². The van der Waals surface area contributed by atoms with Crippen molar-refractivity contribution in [2.24, 2.45) is 5.92 Å². The highest BCUT2D eigenvalue weighted by Gasteiger charge is 2.24. The molecule has 0 aromatic heterocycles. The molecule has 0 bridgehead atoms. The Bertz CT molecular complexity index is 416. The van der Waals surface area contributed by atoms with Crippen molar-refractivity contribution in [2.75, 3.05) is 18.0 Å². The lowest BCUT2D eigenvalue weighted by Crippen LogP contribution is -2.40. The molecule has 2 nitrogen and oxygen atoms in total. The first-order valence-electron chi connectivity index (χ1n) is 5.62. The fourth-order valence-corrected chi connectivity index (χ4v) is 2.17. The summed E-state index contributed by atoms with van der Waals surface area (Å²) in [5.74, 6) is 0.184. The number of carbonyl (C=O) groups excluding carboxylic acids is 1. The van der Waals surface area contributed by atoms with E-state index in [1.54, 1.807) is 13.0 Å². The van der Waals surface area contributed by atoms with E-state index in [9.17, 15) is 9.18 Å². The first kappa shape index (κ1) is 11.1. The van der Waals surface area contributed by atoms with Gasteiger partial charge in [0, 0.05) is 36.7 Å². The number of rotatable bonds is 1. The summed E-state index contributed by atoms with van der Waals surface area (Å²) < 4.78 is 13.4. The van der Waals surface area contributed by atoms with Gasteiger partial charge in [0.1, 0.15) is 11.6 Å². The number of benzene rings is 1. The largest absolute Gasteiger partial charge is 0.370 e. The number of hydrogen-bond donors (Lipinski definition) is 0. The van der Waals surface area contributed by atoms with Crippen molar-refractivity contribution >= 4 is 11.5 Å². The van der Waals surface area contributed by atoms with Crippen LogP contribution in [0.4, 0.5) is 10.1 Å². The van der Waals surface area contributed by atoms with Crippen LogP contribution in [0, 0.1) is 18.7 Å². The first-order valence-corrected chi connectivity index (χ1v) is 5.62. The summed E-state index contributed by atoms with van der Waals surface area (Å²) in [5, 5.41) is 0. The average Bonchev–Trinajstić information content (AvgIpc) is 2.26. The van der Waals surface area contributed by atoms with E-state index in [4.69, 9.17) is 0 Å². The maximum Gasteiger partial charge on any atom is 0.139 e. The van der Waals surface area contributed by atoms with E-state index >= 15 is 0 Å². The van der Waals surface area contributed by atoms with Crippen molar-refractivity contribution < 1.29 is 9.18 Å². The second kappa shape index (κ2) is 4.24. The Morgan fingerprint density at radius 2 is 2.19 bits per heavy atom. The molecule has 1 aliphatic heterocycles. The molecule has 0 amide bonds. The maximum atomic E-state index is 13.4. The predicted octanol–water partition coefficient (Wildman–Crippen LogP) is 2.55. The van der Waals surface area contributed by atoms with Crippen LogP contribution in [0.25, 0.3) is 0 Å². The third kappa shape index (κ3) is 1.94. The number of piperidine rings is 1. The Labute approximate surface area is 95.1 Å². The average molecular weight is 221 g/mol. The second-order valence-electron chi connectivity index (χ2n) is 4.45. The van der Waals surface area contributed by atoms with Crippen molar-refractivity contribution in [1.29, 1.82) is 0 Å². The van der Waals surface area contributed by atoms with E-state index in [2.05, 4.69) is 4.90 Å². The lowest BCUT2D eigenvalue weighted by molar-refractivity contribution is -0.122. The molecule has 1 aromatic rings. The molecule has 0 N–H and O–H groups in total. The summed E-state index contributed by atoms with van der Waals surface area (Å²) in [7, 11) is 0. The van der Waals surface area contributed by atoms with Crippen LogP contribution in [-0.4, -0.2) is 18.9 Å². The van der Waals surface area contributed by atoms with Crippen LogP contribution < -0.4 is 4.90 Å². The van der Waals surface area contributed by atoms with Gasteiger partial charge in [-0.2, -0.15) is 0 Å². The first-order chi connectivity index (χ1) is 7.59. The molecule has 1 atom stereocenters. The van der Waals surface area contributed by atoms with E-state index in [0.29, 0.717) is 30.9 Å². The second-order valence-corrected chi connectivity index (χ2v) is 4.45. The van der Waals surface area contributed by atoms with Crippen LogP contribution in [0.2, 0.25) is 0 Å². The van der Waals surface area contributed by atoms with Crippen LogP contribution in [0.15, 0.2) is 18.2 Å². The van der Waals surface area contributed by atoms with Crippen molar-refractivity contribution in [1.82, 2.24) is 0 Å². The fourth-order valence-electron chi connectivity index (χ4n) is 2.17. The molecule has 1 fully saturated rings. The van der Waals surface area contributed by atoms with Gasteiger partial charge in [0.05, 0.1) is 0 Å². The van der Waals surface area contributed by atoms with Crippen LogP contribution >= 0.6 is 0 Å². The topological polar surface area (TPSA) is 20.3 Å². The Balaban J connectivity index is 2.25. The number of Topliss-reactive ketones (excluding diaryl/α,β-unsaturated/α-hetero) is 1. The number of nitrogens with zero attached hydrogens (tertiary/aromatic N) is 1. The zero-order chi connectivity index (χ0) is 11.7. The summed E-state index contributed by atoms with van der Waals surface area (Å²) in [6, 6.07) is 5.11. The summed E-state index contributed by atoms with van der Waals surface area (Å²) >= 11 is 0. The molecule has 1 heterocycles. The summed E-state index contributed by atoms with van der Waals surface area (Å²) in [4.78, 5) is 13.5. The van der Waals surface area contributed by atoms with E-state index in [0.717, 1.165) is 5.69 Å². The van der Waals surface area contributed by atoms with Gasteiger partial charge in [-0.05, 0) is 19.1 Å². The zero-order valence-electron chi connectivity index (χ0n) is 9.66. The lowest BCUT2D eigenvalue weighted by atomic mass is 9.97. The quantitative estimate of drug-likeness (QED) is 0.726. The summed E-state index contributed by atoms with van der Waals surface area (Å²) in [6.07, 6.45) is 0.567. The Hall–Kier alpha value is -1.38. The molecular formula is C13H16FNO. The van der Waals surface area contributed by atoms with Gasteiger partial charge in [-0.3, -0.25) is 4.79 Å². The third-order valence-electron chi connectivity index (χ3n) is 3.25. The molecule has 1 saturated heterocycles. The molecule has 86 valence electrons. The van der Waals surface area contributed by atoms with Gasteiger partial charge >= 0.3 is 0 Å². The van der Waals surface area contributed by atoms with Crippen molar-refractivity contribution in [3.63, 3.8) is 0 Å². The Kier molecular flexibility index (Phi) is 2.95. The molecule has 3 heteroatoms. The predicted molar refractivity (Wildman–Crippen MR) is 62.1 cm³/mol. The third-order valence-corrected chi connectivity index (χ3v) is 3.25. The van der Waals surface area contributed by atoms with Crippen molar-refractivity contribution in [3.8, 4) is 0 Å². The highest BCUT2D eigenvalue weighted by molar-refractivity contribution is 5.83. The molecular weight excluding hydrogens is 205 g/mol. The van der Waals surface area contributed by atoms with Crippen LogP contribution in [0.5, 0.6) is 0 Å². The van der Waals surface area contributed by atoms with Gasteiger partial charge in [-0.1, -0.05) is 13.0 Å². The summed E-state index contributed by atoms with van der Waals surface area (Å²) in [6.45, 7) is 5.12. The molecule has 1 aromatic carbocycles. The summed E-state index contributed by atoms with van der Waals surface area (Å²) in [5.41, 5.74) is 1.59. The van der Waals surface area contributed by atoms with E-state index in [1.165, 1.54) is 6.07 Å². The lowest BCUT2D eigenvalue weighted by Gasteiger charge is -2.33. The van der Waals surface area contributed by atoms with Gasteiger partial charge in [-0.25, -0.2) is 4.39 Å². The van der Waals surface area contributed by atoms with Gasteiger partial charge in [0.25, 0.3) is 0 Å². The number of halogens is 1. The minimum Gasteiger partial charge on any atom is -0.370 e. The van der Waals surface area contributed by atoms with Gasteiger partial charge in [0.2, 0.25) is 0 Å². The normalized spacial score (nSPS) is 21.3. The molecule has 0 aliphatic carbocycles. The minimum absolute atomic E-state index is 0.0522. The van der Waals surface area contributed by atoms with E-state index in [1.807, 2.05) is 13.0 Å². The van der Waals surface area contributed by atoms with Gasteiger partial charge in [-0.15, -0.1) is 0 Å². The Morgan fingerprint density at radius 3 is 2.88 bits per heavy atom. The smallest absolute Gasteiger partial charge is 0.139 e. The minimum atomic E-state index is -0.179. The highest BCUT2D eigenvalue weighted by Crippen LogP contribution is 2.25. The molecule has 0 spiro atoms. The SMILES string of the molecule is Cc1c(F)cccc1N1CCC(=O)C(C)C1. The fraction of sp³-hybridized carbons (Fsp3) is 0.462. The van der Waals surface area contributed by atoms with Crippen molar-refractivity contribution in [3.05, 3.63) is 29.6 Å². The Morgan fingerprint density at radius 1 is 1.44 bits per heavy atom. The van der Waals surface area contributed by atoms with Crippen LogP contribution in [-0.2, 0) is 4.79 Å². The number of ketones is 1. The molecule has 1 unspecified atom stereocenters. The van der Waals surface area contributed by atoms with Gasteiger partial charge < -0.3 is 4.90 Å². The zero-order valence-corrected chi connectivity index (χ0v) is 9.66. The molecule has 16 heavy (non-hydrogen) atoms. The monoisotopic (exact) mass is 221 g/mol. The standard InChI is InChI=1S/C13H16FNO/c1-9-8-15(7-6-13(9)16)12-5-3-4-11(14)10(12)2/h3-5,9H,6-8H2,1-2H3. The van der Waals surface area contributed by atoms with Crippen molar-refractivity contribution in [2.45, 2.75) is 20.3 Å². The number of carbonyl (C=O) groups is 1. The maximum absolute atomic E-state index is 13.4. The van der Waals surface area contributed by atoms with Crippen LogP contribution in [0.1, 0.15) is 18.9 Å². The van der Waals surface area contributed by atoms with E-state index < -0.39 is 0 Å². The van der Waals surface area contributed by atoms with Gasteiger partial charge in [0.15, 0.2) is 0 Å². The number of anilines is 1. The molecule has 0 saturated carbocycles. The molecule has 1 aliphatic rings.